The molecule has 0 aliphatic heterocycles. The topological polar surface area (TPSA) is 87.1 Å². The predicted octanol–water partition coefficient (Wildman–Crippen LogP) is 6.96. The molecule has 0 aliphatic rings. The van der Waals surface area contributed by atoms with E-state index in [0.717, 1.165) is 62.3 Å². The molecule has 0 spiro atoms. The van der Waals surface area contributed by atoms with Crippen LogP contribution in [0.4, 0.5) is 0 Å². The van der Waals surface area contributed by atoms with E-state index in [2.05, 4.69) is 60.1 Å². The molecule has 0 N–H and O–H groups in total. The summed E-state index contributed by atoms with van der Waals surface area (Å²) < 4.78 is 15.8. The molecule has 4 aromatic rings. The van der Waals surface area contributed by atoms with Crippen molar-refractivity contribution < 1.29 is 13.8 Å². The van der Waals surface area contributed by atoms with Crippen LogP contribution in [0.5, 0.6) is 5.75 Å². The summed E-state index contributed by atoms with van der Waals surface area (Å²) in [5, 5.41) is 7.90. The Labute approximate surface area is 201 Å². The second-order valence-electron chi connectivity index (χ2n) is 8.99. The number of hydrogen-bond donors (Lipinski definition) is 0. The minimum absolute atomic E-state index is 0.381. The number of ether oxygens (including phenoxy) is 1. The molecule has 7 heteroatoms. The van der Waals surface area contributed by atoms with Crippen LogP contribution in [0.1, 0.15) is 73.7 Å². The van der Waals surface area contributed by atoms with Gasteiger partial charge in [0.2, 0.25) is 0 Å². The average Bonchev–Trinajstić information content (AvgIpc) is 3.33. The summed E-state index contributed by atoms with van der Waals surface area (Å²) >= 11 is 0. The van der Waals surface area contributed by atoms with Crippen LogP contribution in [0, 0.1) is 27.7 Å². The minimum Gasteiger partial charge on any atom is -0.496 e. The molecule has 34 heavy (non-hydrogen) atoms. The highest BCUT2D eigenvalue weighted by Crippen LogP contribution is 2.32. The normalized spacial score (nSPS) is 11.0. The van der Waals surface area contributed by atoms with E-state index in [1.807, 2.05) is 46.2 Å². The van der Waals surface area contributed by atoms with Crippen molar-refractivity contribution in [1.29, 1.82) is 0 Å². The Morgan fingerprint density at radius 2 is 1.38 bits per heavy atom. The number of nitrogens with zero attached hydrogens (tertiary/aromatic N) is 4. The van der Waals surface area contributed by atoms with Gasteiger partial charge in [0, 0.05) is 40.8 Å². The zero-order valence-corrected chi connectivity index (χ0v) is 21.6. The van der Waals surface area contributed by atoms with E-state index in [1.54, 1.807) is 7.11 Å². The van der Waals surface area contributed by atoms with Crippen LogP contribution in [-0.4, -0.2) is 27.4 Å². The van der Waals surface area contributed by atoms with E-state index in [9.17, 15) is 0 Å². The summed E-state index contributed by atoms with van der Waals surface area (Å²) in [6.45, 7) is 16.2. The maximum atomic E-state index is 5.43. The molecule has 0 radical (unpaired) electrons. The smallest absolute Gasteiger partial charge is 0.143 e. The van der Waals surface area contributed by atoms with Gasteiger partial charge in [0.25, 0.3) is 0 Å². The fraction of sp³-hybridized carbons (Fsp3) is 0.407. The summed E-state index contributed by atoms with van der Waals surface area (Å²) in [6.07, 6.45) is 3.76. The van der Waals surface area contributed by atoms with E-state index < -0.39 is 0 Å². The first-order valence-corrected chi connectivity index (χ1v) is 11.5. The molecule has 0 saturated carbocycles. The largest absolute Gasteiger partial charge is 0.496 e. The Bertz CT molecular complexity index is 1200. The lowest BCUT2D eigenvalue weighted by atomic mass is 10.0. The summed E-state index contributed by atoms with van der Waals surface area (Å²) in [7, 11) is 1.68. The number of methoxy groups -OCH3 is 1. The molecule has 0 amide bonds. The third-order valence-corrected chi connectivity index (χ3v) is 5.73. The Hall–Kier alpha value is -3.48. The van der Waals surface area contributed by atoms with Crippen LogP contribution in [0.3, 0.4) is 0 Å². The highest BCUT2D eigenvalue weighted by atomic mass is 16.5. The second-order valence-corrected chi connectivity index (χ2v) is 8.99. The molecular weight excluding hydrogens is 428 g/mol. The first-order chi connectivity index (χ1) is 16.1. The fourth-order valence-corrected chi connectivity index (χ4v) is 3.83. The van der Waals surface area contributed by atoms with Gasteiger partial charge in [0.1, 0.15) is 17.3 Å². The highest BCUT2D eigenvalue weighted by molar-refractivity contribution is 5.67. The van der Waals surface area contributed by atoms with E-state index >= 15 is 0 Å². The highest BCUT2D eigenvalue weighted by Gasteiger charge is 2.16. The summed E-state index contributed by atoms with van der Waals surface area (Å²) in [4.78, 5) is 8.94. The van der Waals surface area contributed by atoms with Gasteiger partial charge in [-0.3, -0.25) is 9.97 Å². The number of rotatable bonds is 5. The van der Waals surface area contributed by atoms with Gasteiger partial charge in [0.15, 0.2) is 0 Å². The van der Waals surface area contributed by atoms with Gasteiger partial charge in [0.05, 0.1) is 29.8 Å². The van der Waals surface area contributed by atoms with Gasteiger partial charge in [-0.05, 0) is 45.6 Å². The third-order valence-electron chi connectivity index (χ3n) is 5.73. The zero-order valence-electron chi connectivity index (χ0n) is 21.6. The molecule has 0 atom stereocenters. The van der Waals surface area contributed by atoms with Gasteiger partial charge in [-0.15, -0.1) is 0 Å². The molecule has 0 bridgehead atoms. The molecule has 180 valence electrons. The van der Waals surface area contributed by atoms with Crippen LogP contribution in [0.2, 0.25) is 0 Å². The van der Waals surface area contributed by atoms with Crippen molar-refractivity contribution in [2.75, 3.05) is 7.11 Å². The van der Waals surface area contributed by atoms with Crippen molar-refractivity contribution in [2.45, 2.75) is 67.2 Å². The Balaban J connectivity index is 0.000000192. The number of pyridine rings is 2. The van der Waals surface area contributed by atoms with E-state index in [1.165, 1.54) is 0 Å². The molecule has 7 nitrogen and oxygen atoms in total. The molecule has 4 aromatic heterocycles. The third kappa shape index (κ3) is 5.35. The molecule has 4 heterocycles. The van der Waals surface area contributed by atoms with Crippen LogP contribution >= 0.6 is 0 Å². The number of aryl methyl sites for hydroxylation is 4. The molecule has 0 saturated heterocycles. The van der Waals surface area contributed by atoms with Gasteiger partial charge in [-0.25, -0.2) is 0 Å². The molecule has 4 rings (SSSR count). The van der Waals surface area contributed by atoms with E-state index in [0.29, 0.717) is 11.8 Å². The van der Waals surface area contributed by atoms with Crippen LogP contribution in [0.15, 0.2) is 39.6 Å². The lowest BCUT2D eigenvalue weighted by Crippen LogP contribution is -1.97. The Morgan fingerprint density at radius 1 is 0.765 bits per heavy atom. The van der Waals surface area contributed by atoms with Crippen molar-refractivity contribution in [1.82, 2.24) is 20.3 Å². The zero-order chi connectivity index (χ0) is 25.0. The molecule has 0 unspecified atom stereocenters. The van der Waals surface area contributed by atoms with Gasteiger partial charge in [-0.2, -0.15) is 0 Å². The lowest BCUT2D eigenvalue weighted by molar-refractivity contribution is 0.393. The summed E-state index contributed by atoms with van der Waals surface area (Å²) in [5.41, 5.74) is 7.89. The van der Waals surface area contributed by atoms with Crippen molar-refractivity contribution in [3.8, 4) is 28.1 Å². The maximum absolute atomic E-state index is 5.43. The van der Waals surface area contributed by atoms with Gasteiger partial charge < -0.3 is 13.8 Å². The fourth-order valence-electron chi connectivity index (χ4n) is 3.83. The first kappa shape index (κ1) is 25.1. The second kappa shape index (κ2) is 10.6. The quantitative estimate of drug-likeness (QED) is 0.317. The van der Waals surface area contributed by atoms with Crippen molar-refractivity contribution in [2.24, 2.45) is 0 Å². The number of aromatic nitrogens is 4. The van der Waals surface area contributed by atoms with Crippen molar-refractivity contribution >= 4 is 0 Å². The molecular formula is C27H34N4O3. The standard InChI is InChI=1S/C14H18N2O2.C13H16N2O/c1-8(2)11-7-15-12(6-13(11)17-5)14-9(3)16-18-10(14)4;1-8(2)12-6-5-11(7-14-12)13-9(3)15-16-10(13)4/h6-8H,1-5H3;5-8H,1-4H3. The lowest BCUT2D eigenvalue weighted by Gasteiger charge is -2.12. The monoisotopic (exact) mass is 462 g/mol. The molecule has 0 fully saturated rings. The maximum Gasteiger partial charge on any atom is 0.143 e. The minimum atomic E-state index is 0.381. The van der Waals surface area contributed by atoms with Crippen molar-refractivity contribution in [3.05, 3.63) is 64.8 Å². The first-order valence-electron chi connectivity index (χ1n) is 11.5. The molecule has 0 aromatic carbocycles. The van der Waals surface area contributed by atoms with Gasteiger partial charge >= 0.3 is 0 Å². The Kier molecular flexibility index (Phi) is 7.87. The SMILES string of the molecule is COc1cc(-c2c(C)noc2C)ncc1C(C)C.Cc1noc(C)c1-c1ccc(C(C)C)nc1. The van der Waals surface area contributed by atoms with E-state index in [4.69, 9.17) is 13.8 Å². The summed E-state index contributed by atoms with van der Waals surface area (Å²) in [5.74, 6) is 3.32. The van der Waals surface area contributed by atoms with Crippen molar-refractivity contribution in [3.63, 3.8) is 0 Å². The predicted molar refractivity (Wildman–Crippen MR) is 133 cm³/mol. The number of hydrogen-bond acceptors (Lipinski definition) is 7. The van der Waals surface area contributed by atoms with Crippen LogP contribution in [-0.2, 0) is 0 Å². The van der Waals surface area contributed by atoms with Crippen LogP contribution < -0.4 is 4.74 Å². The average molecular weight is 463 g/mol. The Morgan fingerprint density at radius 3 is 1.82 bits per heavy atom. The van der Waals surface area contributed by atoms with Crippen LogP contribution in [0.25, 0.3) is 22.4 Å². The van der Waals surface area contributed by atoms with Gasteiger partial charge in [-0.1, -0.05) is 44.1 Å². The molecule has 0 aliphatic carbocycles. The summed E-state index contributed by atoms with van der Waals surface area (Å²) in [6, 6.07) is 6.09. The van der Waals surface area contributed by atoms with E-state index in [-0.39, 0.29) is 0 Å².